The van der Waals surface area contributed by atoms with Gasteiger partial charge in [-0.2, -0.15) is 0 Å². The van der Waals surface area contributed by atoms with Crippen LogP contribution in [0.3, 0.4) is 0 Å². The summed E-state index contributed by atoms with van der Waals surface area (Å²) in [4.78, 5) is 12.5. The van der Waals surface area contributed by atoms with Gasteiger partial charge in [-0.3, -0.25) is 4.79 Å². The molecule has 0 unspecified atom stereocenters. The van der Waals surface area contributed by atoms with Crippen LogP contribution in [0.25, 0.3) is 0 Å². The summed E-state index contributed by atoms with van der Waals surface area (Å²) in [5, 5.41) is 7.60. The Labute approximate surface area is 117 Å². The van der Waals surface area contributed by atoms with Gasteiger partial charge in [0, 0.05) is 18.4 Å². The monoisotopic (exact) mass is 293 g/mol. The number of hydrogen-bond donors (Lipinski definition) is 0. The van der Waals surface area contributed by atoms with Gasteiger partial charge in [0.1, 0.15) is 5.69 Å². The van der Waals surface area contributed by atoms with Crippen LogP contribution in [-0.4, -0.2) is 35.5 Å². The van der Waals surface area contributed by atoms with Gasteiger partial charge in [0.15, 0.2) is 9.84 Å². The average molecular weight is 293 g/mol. The van der Waals surface area contributed by atoms with Crippen LogP contribution in [0.15, 0.2) is 35.4 Å². The highest BCUT2D eigenvalue weighted by atomic mass is 32.2. The Hall–Kier alpha value is -2.02. The van der Waals surface area contributed by atoms with E-state index in [0.29, 0.717) is 17.8 Å². The third-order valence-corrected chi connectivity index (χ3v) is 3.96. The Balaban J connectivity index is 2.32. The number of carbonyl (C=O) groups excluding carboxylic acids is 1. The molecule has 1 aromatic carbocycles. The lowest BCUT2D eigenvalue weighted by atomic mass is 10.1. The summed E-state index contributed by atoms with van der Waals surface area (Å²) in [7, 11) is -3.26. The topological polar surface area (TPSA) is 81.9 Å². The lowest BCUT2D eigenvalue weighted by Crippen LogP contribution is -2.11. The number of hydrogen-bond acceptors (Lipinski definition) is 5. The summed E-state index contributed by atoms with van der Waals surface area (Å²) in [5.41, 5.74) is 0.816. The molecule has 0 N–H and O–H groups in total. The molecule has 0 aliphatic heterocycles. The molecule has 0 aliphatic rings. The van der Waals surface area contributed by atoms with Gasteiger partial charge >= 0.3 is 0 Å². The van der Waals surface area contributed by atoms with Crippen LogP contribution in [0.4, 0.5) is 0 Å². The highest BCUT2D eigenvalue weighted by Gasteiger charge is 2.16. The second kappa shape index (κ2) is 5.54. The fraction of sp³-hybridized carbons (Fsp3) is 0.308. The third kappa shape index (κ3) is 2.93. The van der Waals surface area contributed by atoms with Crippen molar-refractivity contribution in [1.82, 2.24) is 15.0 Å². The molecule has 0 radical (unpaired) electrons. The molecule has 106 valence electrons. The maximum Gasteiger partial charge on any atom is 0.212 e. The molecule has 6 nitrogen and oxygen atoms in total. The molecular formula is C13H15N3O3S. The first-order valence-corrected chi connectivity index (χ1v) is 8.06. The van der Waals surface area contributed by atoms with E-state index < -0.39 is 9.84 Å². The Bertz CT molecular complexity index is 718. The molecule has 0 atom stereocenters. The fourth-order valence-electron chi connectivity index (χ4n) is 1.81. The van der Waals surface area contributed by atoms with Crippen LogP contribution in [-0.2, 0) is 16.4 Å². The fourth-order valence-corrected chi connectivity index (χ4v) is 2.44. The van der Waals surface area contributed by atoms with Gasteiger partial charge in [-0.05, 0) is 30.7 Å². The highest BCUT2D eigenvalue weighted by molar-refractivity contribution is 7.90. The number of rotatable bonds is 5. The second-order valence-corrected chi connectivity index (χ2v) is 6.48. The molecule has 0 spiro atoms. The molecule has 2 rings (SSSR count). The lowest BCUT2D eigenvalue weighted by Gasteiger charge is -2.04. The van der Waals surface area contributed by atoms with E-state index in [4.69, 9.17) is 0 Å². The standard InChI is InChI=1S/C13H15N3O3S/c1-3-8-16-12(9-14-15-16)13(17)10-4-6-11(7-5-10)20(2,18)19/h4-7,9H,3,8H2,1-2H3. The van der Waals surface area contributed by atoms with E-state index in [0.717, 1.165) is 12.7 Å². The maximum atomic E-state index is 12.3. The van der Waals surface area contributed by atoms with Gasteiger partial charge in [-0.1, -0.05) is 12.1 Å². The average Bonchev–Trinajstić information content (AvgIpc) is 2.86. The van der Waals surface area contributed by atoms with Gasteiger partial charge in [0.2, 0.25) is 5.78 Å². The van der Waals surface area contributed by atoms with E-state index in [1.165, 1.54) is 30.5 Å². The normalized spacial score (nSPS) is 11.5. The van der Waals surface area contributed by atoms with E-state index in [1.807, 2.05) is 6.92 Å². The Morgan fingerprint density at radius 1 is 1.25 bits per heavy atom. The molecular weight excluding hydrogens is 278 g/mol. The van der Waals surface area contributed by atoms with Crippen molar-refractivity contribution in [2.45, 2.75) is 24.8 Å². The summed E-state index contributed by atoms with van der Waals surface area (Å²) in [6.45, 7) is 2.60. The zero-order valence-corrected chi connectivity index (χ0v) is 12.1. The lowest BCUT2D eigenvalue weighted by molar-refractivity contribution is 0.102. The first-order chi connectivity index (χ1) is 9.43. The van der Waals surface area contributed by atoms with Crippen molar-refractivity contribution in [3.05, 3.63) is 41.7 Å². The van der Waals surface area contributed by atoms with Crippen LogP contribution in [0.2, 0.25) is 0 Å². The molecule has 0 bridgehead atoms. The van der Waals surface area contributed by atoms with Crippen molar-refractivity contribution in [3.8, 4) is 0 Å². The molecule has 0 amide bonds. The Morgan fingerprint density at radius 3 is 2.45 bits per heavy atom. The van der Waals surface area contributed by atoms with Crippen LogP contribution >= 0.6 is 0 Å². The molecule has 1 heterocycles. The van der Waals surface area contributed by atoms with Crippen LogP contribution in [0.5, 0.6) is 0 Å². The van der Waals surface area contributed by atoms with Crippen LogP contribution in [0.1, 0.15) is 29.4 Å². The highest BCUT2D eigenvalue weighted by Crippen LogP contribution is 2.13. The first kappa shape index (κ1) is 14.4. The van der Waals surface area contributed by atoms with Crippen molar-refractivity contribution < 1.29 is 13.2 Å². The predicted octanol–water partition coefficient (Wildman–Crippen LogP) is 1.32. The number of aryl methyl sites for hydroxylation is 1. The summed E-state index contributed by atoms with van der Waals surface area (Å²) < 4.78 is 24.3. The van der Waals surface area contributed by atoms with Gasteiger partial charge in [-0.15, -0.1) is 5.10 Å². The van der Waals surface area contributed by atoms with Gasteiger partial charge in [0.25, 0.3) is 0 Å². The summed E-state index contributed by atoms with van der Waals surface area (Å²) >= 11 is 0. The number of carbonyl (C=O) groups is 1. The van der Waals surface area contributed by atoms with Crippen molar-refractivity contribution in [2.75, 3.05) is 6.26 Å². The maximum absolute atomic E-state index is 12.3. The molecule has 1 aromatic heterocycles. The number of aromatic nitrogens is 3. The summed E-state index contributed by atoms with van der Waals surface area (Å²) in [6.07, 6.45) is 3.39. The van der Waals surface area contributed by atoms with Gasteiger partial charge < -0.3 is 0 Å². The molecule has 7 heteroatoms. The number of benzene rings is 1. The number of sulfone groups is 1. The van der Waals surface area contributed by atoms with E-state index in [9.17, 15) is 13.2 Å². The molecule has 0 saturated heterocycles. The summed E-state index contributed by atoms with van der Waals surface area (Å²) in [6, 6.07) is 5.86. The van der Waals surface area contributed by atoms with Crippen LogP contribution < -0.4 is 0 Å². The van der Waals surface area contributed by atoms with Crippen molar-refractivity contribution in [2.24, 2.45) is 0 Å². The smallest absolute Gasteiger partial charge is 0.212 e. The predicted molar refractivity (Wildman–Crippen MR) is 73.3 cm³/mol. The minimum Gasteiger partial charge on any atom is -0.287 e. The zero-order valence-electron chi connectivity index (χ0n) is 11.3. The van der Waals surface area contributed by atoms with Crippen molar-refractivity contribution in [1.29, 1.82) is 0 Å². The van der Waals surface area contributed by atoms with E-state index in [2.05, 4.69) is 10.3 Å². The molecule has 20 heavy (non-hydrogen) atoms. The van der Waals surface area contributed by atoms with Crippen LogP contribution in [0, 0.1) is 0 Å². The summed E-state index contributed by atoms with van der Waals surface area (Å²) in [5.74, 6) is -0.219. The van der Waals surface area contributed by atoms with E-state index >= 15 is 0 Å². The van der Waals surface area contributed by atoms with Crippen molar-refractivity contribution in [3.63, 3.8) is 0 Å². The third-order valence-electron chi connectivity index (χ3n) is 2.83. The SMILES string of the molecule is CCCn1nncc1C(=O)c1ccc(S(C)(=O)=O)cc1. The number of nitrogens with zero attached hydrogens (tertiary/aromatic N) is 3. The quantitative estimate of drug-likeness (QED) is 0.777. The molecule has 0 aliphatic carbocycles. The Morgan fingerprint density at radius 2 is 1.90 bits per heavy atom. The number of ketones is 1. The Kier molecular flexibility index (Phi) is 3.99. The van der Waals surface area contributed by atoms with Gasteiger partial charge in [0.05, 0.1) is 11.1 Å². The molecule has 2 aromatic rings. The zero-order chi connectivity index (χ0) is 14.8. The van der Waals surface area contributed by atoms with E-state index in [-0.39, 0.29) is 10.7 Å². The molecule has 0 saturated carbocycles. The van der Waals surface area contributed by atoms with E-state index in [1.54, 1.807) is 4.68 Å². The largest absolute Gasteiger partial charge is 0.287 e. The second-order valence-electron chi connectivity index (χ2n) is 4.47. The molecule has 0 fully saturated rings. The van der Waals surface area contributed by atoms with Gasteiger partial charge in [-0.25, -0.2) is 13.1 Å². The minimum absolute atomic E-state index is 0.189. The van der Waals surface area contributed by atoms with Crippen molar-refractivity contribution >= 4 is 15.6 Å². The minimum atomic E-state index is -3.26. The first-order valence-electron chi connectivity index (χ1n) is 6.17.